The van der Waals surface area contributed by atoms with Crippen molar-refractivity contribution in [3.63, 3.8) is 0 Å². The monoisotopic (exact) mass is 365 g/mol. The van der Waals surface area contributed by atoms with Crippen molar-refractivity contribution in [2.24, 2.45) is 17.8 Å². The molecule has 0 spiro atoms. The van der Waals surface area contributed by atoms with Gasteiger partial charge in [-0.05, 0) is 98.8 Å². The summed E-state index contributed by atoms with van der Waals surface area (Å²) in [4.78, 5) is 11.4. The molecule has 0 aromatic heterocycles. The molecule has 0 heterocycles. The van der Waals surface area contributed by atoms with E-state index >= 15 is 0 Å². The van der Waals surface area contributed by atoms with Gasteiger partial charge in [-0.15, -0.1) is 6.58 Å². The van der Waals surface area contributed by atoms with Gasteiger partial charge in [0, 0.05) is 5.69 Å². The van der Waals surface area contributed by atoms with Crippen molar-refractivity contribution in [1.29, 1.82) is 0 Å². The molecule has 2 saturated carbocycles. The molecule has 0 atom stereocenters. The van der Waals surface area contributed by atoms with E-state index in [9.17, 15) is 4.79 Å². The van der Waals surface area contributed by atoms with Crippen LogP contribution in [0.5, 0.6) is 0 Å². The van der Waals surface area contributed by atoms with Gasteiger partial charge >= 0.3 is 0 Å². The zero-order valence-electron chi connectivity index (χ0n) is 16.7. The summed E-state index contributed by atoms with van der Waals surface area (Å²) in [5, 5.41) is 2.83. The highest BCUT2D eigenvalue weighted by Crippen LogP contribution is 2.44. The van der Waals surface area contributed by atoms with Crippen molar-refractivity contribution in [2.45, 2.75) is 70.1 Å². The van der Waals surface area contributed by atoms with Crippen LogP contribution in [0.15, 0.2) is 49.6 Å². The van der Waals surface area contributed by atoms with Crippen LogP contribution in [-0.4, -0.2) is 5.91 Å². The smallest absolute Gasteiger partial charge is 0.247 e. The van der Waals surface area contributed by atoms with Gasteiger partial charge in [0.25, 0.3) is 0 Å². The Morgan fingerprint density at radius 1 is 0.926 bits per heavy atom. The predicted octanol–water partition coefficient (Wildman–Crippen LogP) is 6.86. The summed E-state index contributed by atoms with van der Waals surface area (Å²) in [6, 6.07) is 8.42. The van der Waals surface area contributed by atoms with Crippen molar-refractivity contribution >= 4 is 11.6 Å². The van der Waals surface area contributed by atoms with Crippen LogP contribution in [0.3, 0.4) is 0 Å². The first-order valence-corrected chi connectivity index (χ1v) is 10.8. The standard InChI is InChI=1S/C25H35NO/c1-3-5-6-19-7-9-20(10-8-19)21-11-13-22(14-12-21)23-15-17-24(18-16-23)26-25(27)4-2/h3-4,15-22H,1-2,5-14H2,(H,26,27). The highest BCUT2D eigenvalue weighted by atomic mass is 16.1. The molecule has 1 aromatic carbocycles. The van der Waals surface area contributed by atoms with Gasteiger partial charge in [-0.2, -0.15) is 0 Å². The van der Waals surface area contributed by atoms with E-state index in [0.29, 0.717) is 5.92 Å². The Morgan fingerprint density at radius 2 is 1.52 bits per heavy atom. The van der Waals surface area contributed by atoms with Gasteiger partial charge in [-0.3, -0.25) is 4.79 Å². The molecule has 0 bridgehead atoms. The average molecular weight is 366 g/mol. The van der Waals surface area contributed by atoms with E-state index in [2.05, 4.69) is 36.7 Å². The fourth-order valence-electron chi connectivity index (χ4n) is 5.26. The molecule has 27 heavy (non-hydrogen) atoms. The van der Waals surface area contributed by atoms with Crippen LogP contribution in [-0.2, 0) is 4.79 Å². The molecule has 2 fully saturated rings. The van der Waals surface area contributed by atoms with Gasteiger partial charge in [-0.1, -0.05) is 37.6 Å². The molecule has 2 heteroatoms. The molecular formula is C25H35NO. The fraction of sp³-hybridized carbons (Fsp3) is 0.560. The second-order valence-corrected chi connectivity index (χ2v) is 8.57. The molecule has 1 N–H and O–H groups in total. The van der Waals surface area contributed by atoms with Crippen molar-refractivity contribution < 1.29 is 4.79 Å². The third-order valence-electron chi connectivity index (χ3n) is 6.94. The molecule has 0 saturated heterocycles. The minimum Gasteiger partial charge on any atom is -0.323 e. The molecule has 1 aromatic rings. The molecule has 1 amide bonds. The van der Waals surface area contributed by atoms with Crippen LogP contribution in [0.4, 0.5) is 5.69 Å². The summed E-state index contributed by atoms with van der Waals surface area (Å²) >= 11 is 0. The third-order valence-corrected chi connectivity index (χ3v) is 6.94. The first-order valence-electron chi connectivity index (χ1n) is 10.8. The maximum absolute atomic E-state index is 11.4. The molecule has 0 radical (unpaired) electrons. The van der Waals surface area contributed by atoms with Crippen molar-refractivity contribution in [2.75, 3.05) is 5.32 Å². The largest absolute Gasteiger partial charge is 0.323 e. The van der Waals surface area contributed by atoms with E-state index < -0.39 is 0 Å². The Hall–Kier alpha value is -1.83. The number of rotatable bonds is 7. The minimum atomic E-state index is -0.150. The number of carbonyl (C=O) groups excluding carboxylic acids is 1. The summed E-state index contributed by atoms with van der Waals surface area (Å²) in [5.74, 6) is 3.42. The third kappa shape index (κ3) is 5.57. The topological polar surface area (TPSA) is 29.1 Å². The predicted molar refractivity (Wildman–Crippen MR) is 115 cm³/mol. The lowest BCUT2D eigenvalue weighted by Crippen LogP contribution is -2.25. The van der Waals surface area contributed by atoms with Crippen LogP contribution < -0.4 is 5.32 Å². The van der Waals surface area contributed by atoms with Gasteiger partial charge in [0.05, 0.1) is 0 Å². The molecule has 0 unspecified atom stereocenters. The number of nitrogens with one attached hydrogen (secondary N) is 1. The van der Waals surface area contributed by atoms with Gasteiger partial charge in [0.15, 0.2) is 0 Å². The first-order chi connectivity index (χ1) is 13.2. The normalized spacial score (nSPS) is 28.3. The number of hydrogen-bond acceptors (Lipinski definition) is 1. The van der Waals surface area contributed by atoms with Crippen LogP contribution in [0.1, 0.15) is 75.7 Å². The van der Waals surface area contributed by atoms with E-state index in [0.717, 1.165) is 23.4 Å². The number of amides is 1. The summed E-state index contributed by atoms with van der Waals surface area (Å²) in [6.45, 7) is 7.36. The number of hydrogen-bond donors (Lipinski definition) is 1. The van der Waals surface area contributed by atoms with Crippen LogP contribution in [0, 0.1) is 17.8 Å². The summed E-state index contributed by atoms with van der Waals surface area (Å²) < 4.78 is 0. The Bertz CT molecular complexity index is 616. The SMILES string of the molecule is C=CCCC1CCC(C2CCC(c3ccc(NC(=O)C=C)cc3)CC2)CC1. The summed E-state index contributed by atoms with van der Waals surface area (Å²) in [5.41, 5.74) is 2.28. The highest BCUT2D eigenvalue weighted by molar-refractivity contribution is 5.98. The van der Waals surface area contributed by atoms with Gasteiger partial charge in [0.2, 0.25) is 5.91 Å². The van der Waals surface area contributed by atoms with E-state index in [4.69, 9.17) is 0 Å². The maximum atomic E-state index is 11.4. The molecule has 146 valence electrons. The van der Waals surface area contributed by atoms with Gasteiger partial charge in [-0.25, -0.2) is 0 Å². The molecule has 2 nitrogen and oxygen atoms in total. The number of benzene rings is 1. The lowest BCUT2D eigenvalue weighted by molar-refractivity contribution is -0.111. The molecule has 3 rings (SSSR count). The van der Waals surface area contributed by atoms with Crippen molar-refractivity contribution in [1.82, 2.24) is 0 Å². The van der Waals surface area contributed by atoms with E-state index in [1.165, 1.54) is 75.8 Å². The molecule has 2 aliphatic carbocycles. The van der Waals surface area contributed by atoms with Crippen molar-refractivity contribution in [3.05, 3.63) is 55.1 Å². The van der Waals surface area contributed by atoms with Crippen molar-refractivity contribution in [3.8, 4) is 0 Å². The number of allylic oxidation sites excluding steroid dienone is 1. The lowest BCUT2D eigenvalue weighted by Gasteiger charge is -2.38. The van der Waals surface area contributed by atoms with E-state index in [1.54, 1.807) is 0 Å². The first kappa shape index (κ1) is 19.9. The quantitative estimate of drug-likeness (QED) is 0.415. The summed E-state index contributed by atoms with van der Waals surface area (Å²) in [7, 11) is 0. The van der Waals surface area contributed by atoms with Gasteiger partial charge in [0.1, 0.15) is 0 Å². The lowest BCUT2D eigenvalue weighted by atomic mass is 9.68. The second-order valence-electron chi connectivity index (χ2n) is 8.57. The number of carbonyl (C=O) groups is 1. The molecule has 2 aliphatic rings. The highest BCUT2D eigenvalue weighted by Gasteiger charge is 2.31. The second kappa shape index (κ2) is 9.92. The molecular weight excluding hydrogens is 330 g/mol. The fourth-order valence-corrected chi connectivity index (χ4v) is 5.26. The Balaban J connectivity index is 1.44. The Labute approximate surface area is 165 Å². The maximum Gasteiger partial charge on any atom is 0.247 e. The van der Waals surface area contributed by atoms with E-state index in [-0.39, 0.29) is 5.91 Å². The van der Waals surface area contributed by atoms with Crippen LogP contribution in [0.2, 0.25) is 0 Å². The Morgan fingerprint density at radius 3 is 2.07 bits per heavy atom. The Kier molecular flexibility index (Phi) is 7.32. The van der Waals surface area contributed by atoms with E-state index in [1.807, 2.05) is 12.1 Å². The molecule has 0 aliphatic heterocycles. The van der Waals surface area contributed by atoms with Gasteiger partial charge < -0.3 is 5.32 Å². The minimum absolute atomic E-state index is 0.150. The van der Waals surface area contributed by atoms with Crippen LogP contribution in [0.25, 0.3) is 0 Å². The van der Waals surface area contributed by atoms with Crippen LogP contribution >= 0.6 is 0 Å². The zero-order valence-corrected chi connectivity index (χ0v) is 16.7. The average Bonchev–Trinajstić information content (AvgIpc) is 2.73. The number of anilines is 1. The summed E-state index contributed by atoms with van der Waals surface area (Å²) in [6.07, 6.45) is 17.1. The zero-order chi connectivity index (χ0) is 19.1.